The van der Waals surface area contributed by atoms with Crippen LogP contribution in [0.3, 0.4) is 0 Å². The average Bonchev–Trinajstić information content (AvgIpc) is 2.47. The van der Waals surface area contributed by atoms with E-state index in [9.17, 15) is 9.59 Å². The second kappa shape index (κ2) is 7.11. The number of para-hydroxylation sites is 1. The Morgan fingerprint density at radius 1 is 1.33 bits per heavy atom. The first kappa shape index (κ1) is 15.4. The van der Waals surface area contributed by atoms with Crippen LogP contribution in [0.1, 0.15) is 38.2 Å². The van der Waals surface area contributed by atoms with Crippen LogP contribution in [-0.2, 0) is 11.2 Å². The van der Waals surface area contributed by atoms with Gasteiger partial charge in [-0.15, -0.1) is 0 Å². The molecule has 1 unspecified atom stereocenters. The summed E-state index contributed by atoms with van der Waals surface area (Å²) in [5.41, 5.74) is 1.89. The molecule has 1 atom stereocenters. The highest BCUT2D eigenvalue weighted by Gasteiger charge is 2.28. The van der Waals surface area contributed by atoms with Crippen molar-refractivity contribution in [1.29, 1.82) is 0 Å². The van der Waals surface area contributed by atoms with E-state index in [2.05, 4.69) is 5.32 Å². The Labute approximate surface area is 125 Å². The fourth-order valence-electron chi connectivity index (χ4n) is 2.82. The number of aliphatic carboxylic acids is 1. The SMILES string of the molecule is CCc1ccccc1NC(=O)N1CCCCC1CC(=O)O. The first-order valence-corrected chi connectivity index (χ1v) is 7.49. The Morgan fingerprint density at radius 3 is 2.81 bits per heavy atom. The van der Waals surface area contributed by atoms with Gasteiger partial charge in [-0.05, 0) is 37.3 Å². The summed E-state index contributed by atoms with van der Waals surface area (Å²) >= 11 is 0. The molecule has 1 fully saturated rings. The molecule has 0 saturated carbocycles. The maximum Gasteiger partial charge on any atom is 0.322 e. The topological polar surface area (TPSA) is 69.6 Å². The third kappa shape index (κ3) is 3.97. The van der Waals surface area contributed by atoms with E-state index in [1.54, 1.807) is 4.90 Å². The maximum atomic E-state index is 12.4. The van der Waals surface area contributed by atoms with Crippen molar-refractivity contribution in [3.05, 3.63) is 29.8 Å². The third-order valence-electron chi connectivity index (χ3n) is 3.94. The second-order valence-corrected chi connectivity index (χ2v) is 5.38. The van der Waals surface area contributed by atoms with E-state index in [0.717, 1.165) is 36.9 Å². The van der Waals surface area contributed by atoms with Gasteiger partial charge in [-0.2, -0.15) is 0 Å². The molecule has 1 aliphatic rings. The van der Waals surface area contributed by atoms with Gasteiger partial charge in [0.1, 0.15) is 0 Å². The lowest BCUT2D eigenvalue weighted by molar-refractivity contribution is -0.138. The number of urea groups is 1. The van der Waals surface area contributed by atoms with Crippen LogP contribution in [0.4, 0.5) is 10.5 Å². The van der Waals surface area contributed by atoms with E-state index in [1.807, 2.05) is 31.2 Å². The zero-order chi connectivity index (χ0) is 15.2. The molecule has 114 valence electrons. The van der Waals surface area contributed by atoms with E-state index < -0.39 is 5.97 Å². The lowest BCUT2D eigenvalue weighted by atomic mass is 10.00. The molecule has 0 aromatic heterocycles. The Bertz CT molecular complexity index is 516. The first-order chi connectivity index (χ1) is 10.1. The molecule has 1 aromatic rings. The van der Waals surface area contributed by atoms with Crippen LogP contribution in [0.5, 0.6) is 0 Å². The van der Waals surface area contributed by atoms with Crippen molar-refractivity contribution < 1.29 is 14.7 Å². The quantitative estimate of drug-likeness (QED) is 0.895. The van der Waals surface area contributed by atoms with Crippen molar-refractivity contribution in [2.24, 2.45) is 0 Å². The van der Waals surface area contributed by atoms with E-state index >= 15 is 0 Å². The number of carbonyl (C=O) groups excluding carboxylic acids is 1. The van der Waals surface area contributed by atoms with E-state index in [1.165, 1.54) is 0 Å². The fourth-order valence-corrected chi connectivity index (χ4v) is 2.82. The van der Waals surface area contributed by atoms with Gasteiger partial charge in [-0.1, -0.05) is 25.1 Å². The minimum Gasteiger partial charge on any atom is -0.481 e. The van der Waals surface area contributed by atoms with Gasteiger partial charge in [0.15, 0.2) is 0 Å². The van der Waals surface area contributed by atoms with Gasteiger partial charge in [-0.25, -0.2) is 4.79 Å². The molecule has 0 bridgehead atoms. The highest BCUT2D eigenvalue weighted by Crippen LogP contribution is 2.22. The number of piperidine rings is 1. The van der Waals surface area contributed by atoms with Crippen LogP contribution in [0.15, 0.2) is 24.3 Å². The lowest BCUT2D eigenvalue weighted by Crippen LogP contribution is -2.46. The molecule has 2 rings (SSSR count). The second-order valence-electron chi connectivity index (χ2n) is 5.38. The summed E-state index contributed by atoms with van der Waals surface area (Å²) in [5, 5.41) is 11.9. The highest BCUT2D eigenvalue weighted by molar-refractivity contribution is 5.90. The van der Waals surface area contributed by atoms with Gasteiger partial charge in [-0.3, -0.25) is 4.79 Å². The normalized spacial score (nSPS) is 18.3. The van der Waals surface area contributed by atoms with Gasteiger partial charge < -0.3 is 15.3 Å². The molecule has 0 radical (unpaired) electrons. The van der Waals surface area contributed by atoms with E-state index in [4.69, 9.17) is 5.11 Å². The van der Waals surface area contributed by atoms with Gasteiger partial charge in [0.25, 0.3) is 0 Å². The molecule has 0 aliphatic carbocycles. The van der Waals surface area contributed by atoms with Gasteiger partial charge in [0, 0.05) is 18.3 Å². The van der Waals surface area contributed by atoms with E-state index in [-0.39, 0.29) is 18.5 Å². The van der Waals surface area contributed by atoms with Crippen LogP contribution in [0.25, 0.3) is 0 Å². The summed E-state index contributed by atoms with van der Waals surface area (Å²) in [4.78, 5) is 25.1. The first-order valence-electron chi connectivity index (χ1n) is 7.49. The number of hydrogen-bond acceptors (Lipinski definition) is 2. The lowest BCUT2D eigenvalue weighted by Gasteiger charge is -2.35. The number of aryl methyl sites for hydroxylation is 1. The number of hydrogen-bond donors (Lipinski definition) is 2. The number of carboxylic acids is 1. The van der Waals surface area contributed by atoms with E-state index in [0.29, 0.717) is 6.54 Å². The Morgan fingerprint density at radius 2 is 2.10 bits per heavy atom. The molecule has 1 aliphatic heterocycles. The fraction of sp³-hybridized carbons (Fsp3) is 0.500. The summed E-state index contributed by atoms with van der Waals surface area (Å²) in [6.45, 7) is 2.66. The summed E-state index contributed by atoms with van der Waals surface area (Å²) in [7, 11) is 0. The van der Waals surface area contributed by atoms with Crippen LogP contribution >= 0.6 is 0 Å². The molecule has 21 heavy (non-hydrogen) atoms. The Balaban J connectivity index is 2.08. The third-order valence-corrected chi connectivity index (χ3v) is 3.94. The Hall–Kier alpha value is -2.04. The average molecular weight is 290 g/mol. The number of rotatable bonds is 4. The number of carbonyl (C=O) groups is 2. The van der Waals surface area contributed by atoms with Gasteiger partial charge in [0.05, 0.1) is 6.42 Å². The summed E-state index contributed by atoms with van der Waals surface area (Å²) in [5.74, 6) is -0.853. The predicted molar refractivity (Wildman–Crippen MR) is 81.4 cm³/mol. The standard InChI is InChI=1S/C16H22N2O3/c1-2-12-7-3-4-9-14(12)17-16(21)18-10-6-5-8-13(18)11-15(19)20/h3-4,7,9,13H,2,5-6,8,10-11H2,1H3,(H,17,21)(H,19,20). The molecule has 1 heterocycles. The number of carboxylic acid groups (broad SMARTS) is 1. The minimum atomic E-state index is -0.853. The molecule has 5 nitrogen and oxygen atoms in total. The van der Waals surface area contributed by atoms with Crippen LogP contribution in [0.2, 0.25) is 0 Å². The number of nitrogens with one attached hydrogen (secondary N) is 1. The van der Waals surface area contributed by atoms with Crippen LogP contribution < -0.4 is 5.32 Å². The van der Waals surface area contributed by atoms with Crippen molar-refractivity contribution in [3.8, 4) is 0 Å². The van der Waals surface area contributed by atoms with Gasteiger partial charge in [0.2, 0.25) is 0 Å². The van der Waals surface area contributed by atoms with Crippen molar-refractivity contribution in [3.63, 3.8) is 0 Å². The van der Waals surface area contributed by atoms with Crippen molar-refractivity contribution in [2.75, 3.05) is 11.9 Å². The molecular formula is C16H22N2O3. The molecule has 5 heteroatoms. The zero-order valence-corrected chi connectivity index (χ0v) is 12.3. The zero-order valence-electron chi connectivity index (χ0n) is 12.3. The van der Waals surface area contributed by atoms with Crippen LogP contribution in [-0.4, -0.2) is 34.6 Å². The minimum absolute atomic E-state index is 0.0167. The summed E-state index contributed by atoms with van der Waals surface area (Å²) in [6, 6.07) is 7.31. The molecule has 1 aromatic carbocycles. The number of nitrogens with zero attached hydrogens (tertiary/aromatic N) is 1. The number of benzene rings is 1. The van der Waals surface area contributed by atoms with Gasteiger partial charge >= 0.3 is 12.0 Å². The molecule has 1 saturated heterocycles. The van der Waals surface area contributed by atoms with Crippen molar-refractivity contribution >= 4 is 17.7 Å². The van der Waals surface area contributed by atoms with Crippen LogP contribution in [0, 0.1) is 0 Å². The highest BCUT2D eigenvalue weighted by atomic mass is 16.4. The van der Waals surface area contributed by atoms with Crippen molar-refractivity contribution in [1.82, 2.24) is 4.90 Å². The Kier molecular flexibility index (Phi) is 5.20. The smallest absolute Gasteiger partial charge is 0.322 e. The summed E-state index contributed by atoms with van der Waals surface area (Å²) < 4.78 is 0. The van der Waals surface area contributed by atoms with Crippen molar-refractivity contribution in [2.45, 2.75) is 45.1 Å². The molecule has 0 spiro atoms. The summed E-state index contributed by atoms with van der Waals surface area (Å²) in [6.07, 6.45) is 3.53. The number of anilines is 1. The monoisotopic (exact) mass is 290 g/mol. The number of likely N-dealkylation sites (tertiary alicyclic amines) is 1. The largest absolute Gasteiger partial charge is 0.481 e. The molecule has 2 N–H and O–H groups in total. The molecule has 2 amide bonds. The molecular weight excluding hydrogens is 268 g/mol. The maximum absolute atomic E-state index is 12.4. The number of amides is 2. The predicted octanol–water partition coefficient (Wildman–Crippen LogP) is 3.11.